The van der Waals surface area contributed by atoms with Crippen LogP contribution in [0, 0.1) is 6.92 Å². The maximum Gasteiger partial charge on any atom is 0.0502 e. The largest absolute Gasteiger partial charge is 0.399 e. The molecule has 2 nitrogen and oxygen atoms in total. The molecule has 0 aromatic heterocycles. The van der Waals surface area contributed by atoms with Crippen molar-refractivity contribution in [3.8, 4) is 0 Å². The second kappa shape index (κ2) is 4.19. The second-order valence-electron chi connectivity index (χ2n) is 2.95. The zero-order valence-electron chi connectivity index (χ0n) is 7.60. The molecular formula is C10H13ClN2. The average molecular weight is 197 g/mol. The van der Waals surface area contributed by atoms with E-state index in [0.29, 0.717) is 11.6 Å². The maximum atomic E-state index is 5.64. The second-order valence-corrected chi connectivity index (χ2v) is 3.48. The van der Waals surface area contributed by atoms with Gasteiger partial charge in [0.1, 0.15) is 0 Å². The molecule has 0 aliphatic carbocycles. The van der Waals surface area contributed by atoms with Crippen LogP contribution in [0.5, 0.6) is 0 Å². The molecule has 0 bridgehead atoms. The number of halogens is 1. The van der Waals surface area contributed by atoms with Crippen LogP contribution >= 0.6 is 11.6 Å². The molecule has 3 heteroatoms. The van der Waals surface area contributed by atoms with Crippen molar-refractivity contribution in [3.63, 3.8) is 0 Å². The van der Waals surface area contributed by atoms with Crippen molar-refractivity contribution in [2.45, 2.75) is 6.92 Å². The number of nitrogens with two attached hydrogens (primary N) is 1. The van der Waals surface area contributed by atoms with Crippen LogP contribution in [0.15, 0.2) is 29.8 Å². The van der Waals surface area contributed by atoms with E-state index in [9.17, 15) is 0 Å². The number of rotatable bonds is 3. The minimum absolute atomic E-state index is 0.561. The highest BCUT2D eigenvalue weighted by molar-refractivity contribution is 6.29. The van der Waals surface area contributed by atoms with Crippen molar-refractivity contribution < 1.29 is 0 Å². The van der Waals surface area contributed by atoms with Crippen LogP contribution in [0.4, 0.5) is 11.4 Å². The van der Waals surface area contributed by atoms with Gasteiger partial charge in [0.05, 0.1) is 6.54 Å². The van der Waals surface area contributed by atoms with Gasteiger partial charge in [-0.2, -0.15) is 0 Å². The maximum absolute atomic E-state index is 5.64. The predicted octanol–water partition coefficient (Wildman–Crippen LogP) is 2.74. The quantitative estimate of drug-likeness (QED) is 0.730. The molecule has 0 aliphatic heterocycles. The summed E-state index contributed by atoms with van der Waals surface area (Å²) in [4.78, 5) is 0. The van der Waals surface area contributed by atoms with E-state index in [1.165, 1.54) is 0 Å². The predicted molar refractivity (Wildman–Crippen MR) is 59.1 cm³/mol. The molecule has 3 N–H and O–H groups in total. The molecule has 0 unspecified atom stereocenters. The van der Waals surface area contributed by atoms with Crippen LogP contribution in [-0.2, 0) is 0 Å². The summed E-state index contributed by atoms with van der Waals surface area (Å²) in [6, 6.07) is 5.72. The molecule has 0 amide bonds. The Balaban J connectivity index is 2.75. The smallest absolute Gasteiger partial charge is 0.0502 e. The number of hydrogen-bond donors (Lipinski definition) is 2. The molecule has 1 aromatic carbocycles. The number of aryl methyl sites for hydroxylation is 1. The highest BCUT2D eigenvalue weighted by Gasteiger charge is 1.97. The Hall–Kier alpha value is -1.15. The Morgan fingerprint density at radius 2 is 2.31 bits per heavy atom. The molecule has 0 radical (unpaired) electrons. The molecular weight excluding hydrogens is 184 g/mol. The van der Waals surface area contributed by atoms with E-state index in [4.69, 9.17) is 17.3 Å². The Labute approximate surface area is 83.4 Å². The highest BCUT2D eigenvalue weighted by Crippen LogP contribution is 2.18. The lowest BCUT2D eigenvalue weighted by Crippen LogP contribution is -2.02. The van der Waals surface area contributed by atoms with Crippen molar-refractivity contribution in [1.29, 1.82) is 0 Å². The first kappa shape index (κ1) is 9.93. The fraction of sp³-hybridized carbons (Fsp3) is 0.200. The molecule has 0 heterocycles. The van der Waals surface area contributed by atoms with Crippen molar-refractivity contribution in [1.82, 2.24) is 0 Å². The average Bonchev–Trinajstić information content (AvgIpc) is 2.06. The van der Waals surface area contributed by atoms with E-state index in [1.807, 2.05) is 25.1 Å². The highest BCUT2D eigenvalue weighted by atomic mass is 35.5. The Kier molecular flexibility index (Phi) is 3.20. The molecule has 0 saturated heterocycles. The van der Waals surface area contributed by atoms with Crippen LogP contribution in [0.25, 0.3) is 0 Å². The molecule has 0 saturated carbocycles. The van der Waals surface area contributed by atoms with E-state index in [-0.39, 0.29) is 0 Å². The van der Waals surface area contributed by atoms with Gasteiger partial charge in [0, 0.05) is 16.4 Å². The molecule has 1 aromatic rings. The lowest BCUT2D eigenvalue weighted by atomic mass is 10.2. The number of benzene rings is 1. The van der Waals surface area contributed by atoms with Gasteiger partial charge in [-0.3, -0.25) is 0 Å². The topological polar surface area (TPSA) is 38.0 Å². The third-order valence-electron chi connectivity index (χ3n) is 1.73. The van der Waals surface area contributed by atoms with Gasteiger partial charge >= 0.3 is 0 Å². The Morgan fingerprint density at radius 1 is 1.62 bits per heavy atom. The van der Waals surface area contributed by atoms with Gasteiger partial charge in [0.15, 0.2) is 0 Å². The van der Waals surface area contributed by atoms with Gasteiger partial charge < -0.3 is 11.1 Å². The van der Waals surface area contributed by atoms with E-state index in [1.54, 1.807) is 0 Å². The van der Waals surface area contributed by atoms with E-state index in [0.717, 1.165) is 16.9 Å². The molecule has 1 rings (SSSR count). The van der Waals surface area contributed by atoms with Crippen LogP contribution in [-0.4, -0.2) is 6.54 Å². The molecule has 0 fully saturated rings. The SMILES string of the molecule is C=C(Cl)CNc1cc(N)ccc1C. The lowest BCUT2D eigenvalue weighted by Gasteiger charge is -2.08. The molecule has 70 valence electrons. The third kappa shape index (κ3) is 2.99. The van der Waals surface area contributed by atoms with Crippen LogP contribution in [0.2, 0.25) is 0 Å². The number of nitrogen functional groups attached to an aromatic ring is 1. The Morgan fingerprint density at radius 3 is 2.92 bits per heavy atom. The van der Waals surface area contributed by atoms with Crippen LogP contribution in [0.1, 0.15) is 5.56 Å². The van der Waals surface area contributed by atoms with Gasteiger partial charge in [0.25, 0.3) is 0 Å². The van der Waals surface area contributed by atoms with Gasteiger partial charge in [-0.1, -0.05) is 24.2 Å². The summed E-state index contributed by atoms with van der Waals surface area (Å²) < 4.78 is 0. The summed E-state index contributed by atoms with van der Waals surface area (Å²) in [6.45, 7) is 6.17. The summed E-state index contributed by atoms with van der Waals surface area (Å²) >= 11 is 5.63. The zero-order valence-corrected chi connectivity index (χ0v) is 8.36. The molecule has 0 atom stereocenters. The van der Waals surface area contributed by atoms with Crippen molar-refractivity contribution in [2.24, 2.45) is 0 Å². The van der Waals surface area contributed by atoms with Gasteiger partial charge in [0.2, 0.25) is 0 Å². The zero-order chi connectivity index (χ0) is 9.84. The molecule has 0 spiro atoms. The third-order valence-corrected chi connectivity index (χ3v) is 1.87. The van der Waals surface area contributed by atoms with Crippen LogP contribution < -0.4 is 11.1 Å². The first-order valence-corrected chi connectivity index (χ1v) is 4.40. The Bertz CT molecular complexity index is 321. The molecule has 0 aliphatic rings. The fourth-order valence-electron chi connectivity index (χ4n) is 1.02. The standard InChI is InChI=1S/C10H13ClN2/c1-7-3-4-9(12)5-10(7)13-6-8(2)11/h3-5,13H,2,6,12H2,1H3. The first-order chi connectivity index (χ1) is 6.09. The minimum Gasteiger partial charge on any atom is -0.399 e. The lowest BCUT2D eigenvalue weighted by molar-refractivity contribution is 1.29. The van der Waals surface area contributed by atoms with Gasteiger partial charge in [-0.05, 0) is 24.6 Å². The van der Waals surface area contributed by atoms with E-state index >= 15 is 0 Å². The van der Waals surface area contributed by atoms with E-state index < -0.39 is 0 Å². The van der Waals surface area contributed by atoms with Gasteiger partial charge in [-0.25, -0.2) is 0 Å². The number of hydrogen-bond acceptors (Lipinski definition) is 2. The monoisotopic (exact) mass is 196 g/mol. The number of nitrogens with one attached hydrogen (secondary N) is 1. The van der Waals surface area contributed by atoms with Crippen molar-refractivity contribution in [3.05, 3.63) is 35.4 Å². The van der Waals surface area contributed by atoms with Crippen molar-refractivity contribution >= 4 is 23.0 Å². The molecule has 13 heavy (non-hydrogen) atoms. The summed E-state index contributed by atoms with van der Waals surface area (Å²) in [5.74, 6) is 0. The summed E-state index contributed by atoms with van der Waals surface area (Å²) in [6.07, 6.45) is 0. The van der Waals surface area contributed by atoms with Gasteiger partial charge in [-0.15, -0.1) is 0 Å². The minimum atomic E-state index is 0.561. The fourth-order valence-corrected chi connectivity index (χ4v) is 1.09. The number of anilines is 2. The van der Waals surface area contributed by atoms with Crippen molar-refractivity contribution in [2.75, 3.05) is 17.6 Å². The van der Waals surface area contributed by atoms with Crippen LogP contribution in [0.3, 0.4) is 0 Å². The summed E-state index contributed by atoms with van der Waals surface area (Å²) in [5, 5.41) is 3.73. The normalized spacial score (nSPS) is 9.69. The van der Waals surface area contributed by atoms with E-state index in [2.05, 4.69) is 11.9 Å². The first-order valence-electron chi connectivity index (χ1n) is 4.03. The summed E-state index contributed by atoms with van der Waals surface area (Å²) in [7, 11) is 0. The summed E-state index contributed by atoms with van der Waals surface area (Å²) in [5.41, 5.74) is 8.53.